The van der Waals surface area contributed by atoms with Crippen LogP contribution in [-0.2, 0) is 11.3 Å². The van der Waals surface area contributed by atoms with Crippen LogP contribution in [0.25, 0.3) is 0 Å². The minimum Gasteiger partial charge on any atom is -0.489 e. The van der Waals surface area contributed by atoms with Crippen molar-refractivity contribution in [2.24, 2.45) is 10.8 Å². The van der Waals surface area contributed by atoms with E-state index in [1.54, 1.807) is 18.2 Å². The van der Waals surface area contributed by atoms with Crippen LogP contribution in [0.5, 0.6) is 5.75 Å². The maximum atomic E-state index is 13.0. The van der Waals surface area contributed by atoms with Gasteiger partial charge in [0, 0.05) is 55.0 Å². The highest BCUT2D eigenvalue weighted by Crippen LogP contribution is 2.55. The molecule has 4 rings (SSSR count). The highest BCUT2D eigenvalue weighted by atomic mass is 35.5. The average Bonchev–Trinajstić information content (AvgIpc) is 2.89. The summed E-state index contributed by atoms with van der Waals surface area (Å²) >= 11 is 6.18. The minimum absolute atomic E-state index is 0.153. The molecule has 1 saturated carbocycles. The van der Waals surface area contributed by atoms with Crippen molar-refractivity contribution >= 4 is 17.5 Å². The van der Waals surface area contributed by atoms with E-state index in [2.05, 4.69) is 47.9 Å². The van der Waals surface area contributed by atoms with Gasteiger partial charge >= 0.3 is 0 Å². The third-order valence-electron chi connectivity index (χ3n) is 7.74. The van der Waals surface area contributed by atoms with Crippen LogP contribution in [0, 0.1) is 22.2 Å². The number of hydrogen-bond donors (Lipinski definition) is 2. The van der Waals surface area contributed by atoms with Gasteiger partial charge in [0.05, 0.1) is 28.9 Å². The summed E-state index contributed by atoms with van der Waals surface area (Å²) < 4.78 is 12.0. The lowest BCUT2D eigenvalue weighted by atomic mass is 9.49. The van der Waals surface area contributed by atoms with Crippen molar-refractivity contribution in [2.45, 2.75) is 65.4 Å². The Morgan fingerprint density at radius 2 is 1.87 bits per heavy atom. The Balaban J connectivity index is 1.28. The molecule has 0 unspecified atom stereocenters. The molecule has 38 heavy (non-hydrogen) atoms. The molecule has 2 heterocycles. The number of carbonyl (C=O) groups is 1. The molecule has 1 aliphatic heterocycles. The van der Waals surface area contributed by atoms with Gasteiger partial charge in [0.25, 0.3) is 5.91 Å². The molecular weight excluding hydrogens is 506 g/mol. The van der Waals surface area contributed by atoms with Gasteiger partial charge in [0.2, 0.25) is 0 Å². The van der Waals surface area contributed by atoms with Gasteiger partial charge in [-0.1, -0.05) is 39.3 Å². The summed E-state index contributed by atoms with van der Waals surface area (Å²) in [5, 5.41) is 22.2. The molecule has 0 atom stereocenters. The fraction of sp³-hybridized carbons (Fsp3) is 0.571. The number of nitrogens with one attached hydrogen (secondary N) is 1. The van der Waals surface area contributed by atoms with E-state index in [-0.39, 0.29) is 41.6 Å². The predicted molar refractivity (Wildman–Crippen MR) is 143 cm³/mol. The van der Waals surface area contributed by atoms with Crippen LogP contribution in [0.1, 0.15) is 62.3 Å². The number of rotatable bonds is 9. The maximum absolute atomic E-state index is 13.0. The smallest absolute Gasteiger partial charge is 0.254 e. The van der Waals surface area contributed by atoms with Crippen molar-refractivity contribution in [2.75, 3.05) is 26.2 Å². The number of nitriles is 1. The number of hydrogen-bond acceptors (Lipinski definition) is 8. The average molecular weight is 542 g/mol. The number of nitrogens with zero attached hydrogens (tertiary/aromatic N) is 4. The van der Waals surface area contributed by atoms with Gasteiger partial charge in [-0.25, -0.2) is 9.97 Å². The Labute approximate surface area is 229 Å². The number of aliphatic hydroxyl groups excluding tert-OH is 1. The SMILES string of the molecule is CC1(C)C(NC(=O)c2cnc(COCCN3CCC(O)CC3)nc2)C(C)(C)C1Oc1ccc(C#N)c(Cl)c1. The second-order valence-corrected chi connectivity index (χ2v) is 11.7. The number of piperidine rings is 1. The number of likely N-dealkylation sites (tertiary alicyclic amines) is 1. The van der Waals surface area contributed by atoms with Crippen LogP contribution in [0.3, 0.4) is 0 Å². The van der Waals surface area contributed by atoms with E-state index in [4.69, 9.17) is 26.3 Å². The molecular formula is C28H36ClN5O4. The molecule has 1 aliphatic carbocycles. The Bertz CT molecular complexity index is 1160. The number of benzene rings is 1. The summed E-state index contributed by atoms with van der Waals surface area (Å²) in [5.41, 5.74) is 0.0619. The van der Waals surface area contributed by atoms with Gasteiger partial charge in [-0.3, -0.25) is 4.79 Å². The molecule has 0 radical (unpaired) electrons. The highest BCUT2D eigenvalue weighted by molar-refractivity contribution is 6.31. The van der Waals surface area contributed by atoms with E-state index in [0.717, 1.165) is 32.5 Å². The zero-order chi connectivity index (χ0) is 27.5. The molecule has 204 valence electrons. The molecule has 0 bridgehead atoms. The van der Waals surface area contributed by atoms with Crippen molar-refractivity contribution in [1.29, 1.82) is 5.26 Å². The first-order valence-electron chi connectivity index (χ1n) is 13.0. The summed E-state index contributed by atoms with van der Waals surface area (Å²) in [4.78, 5) is 23.9. The third-order valence-corrected chi connectivity index (χ3v) is 8.05. The summed E-state index contributed by atoms with van der Waals surface area (Å²) in [6.07, 6.45) is 4.30. The molecule has 1 saturated heterocycles. The van der Waals surface area contributed by atoms with Crippen LogP contribution < -0.4 is 10.1 Å². The zero-order valence-electron chi connectivity index (χ0n) is 22.4. The Hall–Kier alpha value is -2.77. The lowest BCUT2D eigenvalue weighted by Crippen LogP contribution is -2.74. The van der Waals surface area contributed by atoms with Crippen molar-refractivity contribution in [3.63, 3.8) is 0 Å². The fourth-order valence-corrected chi connectivity index (χ4v) is 6.07. The first kappa shape index (κ1) is 28.2. The van der Waals surface area contributed by atoms with Gasteiger partial charge in [-0.15, -0.1) is 0 Å². The van der Waals surface area contributed by atoms with Crippen molar-refractivity contribution in [3.05, 3.63) is 52.6 Å². The molecule has 2 aliphatic rings. The van der Waals surface area contributed by atoms with E-state index in [9.17, 15) is 9.90 Å². The standard InChI is InChI=1S/C28H36ClN5O4/c1-27(2)25(28(3,4)26(27)38-21-6-5-18(14-30)22(29)13-21)33-24(36)19-15-31-23(32-16-19)17-37-12-11-34-9-7-20(35)8-10-34/h5-6,13,15-16,20,25-26,35H,7-12,17H2,1-4H3,(H,33,36). The number of aromatic nitrogens is 2. The second kappa shape index (κ2) is 11.5. The fourth-order valence-electron chi connectivity index (χ4n) is 5.86. The van der Waals surface area contributed by atoms with Gasteiger partial charge in [-0.2, -0.15) is 5.26 Å². The number of ether oxygens (including phenoxy) is 2. The highest BCUT2D eigenvalue weighted by Gasteiger charge is 2.64. The molecule has 1 aromatic carbocycles. The van der Waals surface area contributed by atoms with Gasteiger partial charge < -0.3 is 24.8 Å². The van der Waals surface area contributed by atoms with Crippen molar-refractivity contribution in [1.82, 2.24) is 20.2 Å². The zero-order valence-corrected chi connectivity index (χ0v) is 23.2. The van der Waals surface area contributed by atoms with E-state index >= 15 is 0 Å². The molecule has 2 N–H and O–H groups in total. The summed E-state index contributed by atoms with van der Waals surface area (Å²) in [6, 6.07) is 6.93. The first-order valence-corrected chi connectivity index (χ1v) is 13.4. The summed E-state index contributed by atoms with van der Waals surface area (Å²) in [7, 11) is 0. The van der Waals surface area contributed by atoms with Crippen molar-refractivity contribution in [3.8, 4) is 11.8 Å². The predicted octanol–water partition coefficient (Wildman–Crippen LogP) is 3.59. The van der Waals surface area contributed by atoms with Crippen LogP contribution in [0.2, 0.25) is 5.02 Å². The van der Waals surface area contributed by atoms with Gasteiger partial charge in [0.1, 0.15) is 24.5 Å². The molecule has 2 aromatic rings. The molecule has 1 amide bonds. The number of carbonyl (C=O) groups excluding carboxylic acids is 1. The molecule has 10 heteroatoms. The molecule has 9 nitrogen and oxygen atoms in total. The van der Waals surface area contributed by atoms with E-state index in [1.165, 1.54) is 12.4 Å². The van der Waals surface area contributed by atoms with E-state index < -0.39 is 0 Å². The van der Waals surface area contributed by atoms with E-state index in [0.29, 0.717) is 34.3 Å². The van der Waals surface area contributed by atoms with E-state index in [1.807, 2.05) is 6.07 Å². The number of amides is 1. The number of halogens is 1. The summed E-state index contributed by atoms with van der Waals surface area (Å²) in [6.45, 7) is 11.6. The third kappa shape index (κ3) is 6.10. The monoisotopic (exact) mass is 541 g/mol. The first-order chi connectivity index (χ1) is 18.0. The van der Waals surface area contributed by atoms with Crippen LogP contribution in [0.15, 0.2) is 30.6 Å². The largest absolute Gasteiger partial charge is 0.489 e. The Morgan fingerprint density at radius 3 is 2.47 bits per heavy atom. The van der Waals surface area contributed by atoms with Gasteiger partial charge in [-0.05, 0) is 25.0 Å². The van der Waals surface area contributed by atoms with Crippen LogP contribution in [-0.4, -0.2) is 70.4 Å². The lowest BCUT2D eigenvalue weighted by Gasteiger charge is -2.63. The normalized spacial score (nSPS) is 22.8. The molecule has 0 spiro atoms. The quantitative estimate of drug-likeness (QED) is 0.462. The molecule has 2 fully saturated rings. The Kier molecular flexibility index (Phi) is 8.58. The second-order valence-electron chi connectivity index (χ2n) is 11.3. The Morgan fingerprint density at radius 1 is 1.21 bits per heavy atom. The molecule has 1 aromatic heterocycles. The van der Waals surface area contributed by atoms with Crippen LogP contribution in [0.4, 0.5) is 0 Å². The van der Waals surface area contributed by atoms with Crippen LogP contribution >= 0.6 is 11.6 Å². The maximum Gasteiger partial charge on any atom is 0.254 e. The number of aliphatic hydroxyl groups is 1. The van der Waals surface area contributed by atoms with Crippen molar-refractivity contribution < 1.29 is 19.4 Å². The minimum atomic E-state index is -0.360. The summed E-state index contributed by atoms with van der Waals surface area (Å²) in [5.74, 6) is 0.871. The lowest BCUT2D eigenvalue weighted by molar-refractivity contribution is -0.164. The van der Waals surface area contributed by atoms with Gasteiger partial charge in [0.15, 0.2) is 5.82 Å². The topological polar surface area (TPSA) is 121 Å².